The number of ether oxygens (including phenoxy) is 1. The molecule has 196 valence electrons. The maximum Gasteiger partial charge on any atom is 0.418 e. The zero-order valence-corrected chi connectivity index (χ0v) is 19.6. The SMILES string of the molecule is CC(OC(=O)c1ccc(S(=O)(=O)NCc2ccco2)cc1)C(=O)Nc1ccc([N+](=O)[O-])cc1C(F)(F)F. The van der Waals surface area contributed by atoms with Crippen LogP contribution >= 0.6 is 0 Å². The number of hydrogen-bond acceptors (Lipinski definition) is 8. The molecule has 1 aromatic heterocycles. The zero-order chi connectivity index (χ0) is 27.4. The highest BCUT2D eigenvalue weighted by Crippen LogP contribution is 2.37. The van der Waals surface area contributed by atoms with Gasteiger partial charge in [0.15, 0.2) is 6.10 Å². The van der Waals surface area contributed by atoms with Crippen LogP contribution in [0.5, 0.6) is 0 Å². The number of nitro groups is 1. The van der Waals surface area contributed by atoms with Gasteiger partial charge in [0.25, 0.3) is 11.6 Å². The predicted molar refractivity (Wildman–Crippen MR) is 121 cm³/mol. The smallest absolute Gasteiger partial charge is 0.418 e. The number of esters is 1. The molecular weight excluding hydrogens is 523 g/mol. The molecule has 15 heteroatoms. The van der Waals surface area contributed by atoms with E-state index in [4.69, 9.17) is 9.15 Å². The van der Waals surface area contributed by atoms with E-state index in [1.54, 1.807) is 12.1 Å². The van der Waals surface area contributed by atoms with Crippen molar-refractivity contribution in [1.29, 1.82) is 0 Å². The molecule has 3 aromatic rings. The number of non-ortho nitro benzene ring substituents is 1. The maximum atomic E-state index is 13.3. The van der Waals surface area contributed by atoms with Gasteiger partial charge >= 0.3 is 12.1 Å². The third kappa shape index (κ3) is 6.92. The number of alkyl halides is 3. The number of rotatable bonds is 9. The first-order valence-electron chi connectivity index (χ1n) is 10.3. The van der Waals surface area contributed by atoms with E-state index in [0.29, 0.717) is 11.8 Å². The number of benzene rings is 2. The van der Waals surface area contributed by atoms with Gasteiger partial charge in [0, 0.05) is 12.1 Å². The molecule has 0 saturated carbocycles. The third-order valence-corrected chi connectivity index (χ3v) is 6.26. The van der Waals surface area contributed by atoms with Crippen LogP contribution in [0.2, 0.25) is 0 Å². The fourth-order valence-corrected chi connectivity index (χ4v) is 3.93. The fraction of sp³-hybridized carbons (Fsp3) is 0.182. The van der Waals surface area contributed by atoms with Crippen LogP contribution in [0.25, 0.3) is 0 Å². The second kappa shape index (κ2) is 10.8. The molecule has 1 heterocycles. The number of hydrogen-bond donors (Lipinski definition) is 2. The van der Waals surface area contributed by atoms with E-state index in [1.165, 1.54) is 6.26 Å². The van der Waals surface area contributed by atoms with Gasteiger partial charge < -0.3 is 14.5 Å². The van der Waals surface area contributed by atoms with Gasteiger partial charge in [-0.3, -0.25) is 14.9 Å². The third-order valence-electron chi connectivity index (χ3n) is 4.85. The standard InChI is InChI=1S/C22H18F3N3O8S/c1-13(20(29)27-19-9-6-15(28(31)32)11-18(19)22(23,24)25)36-21(30)14-4-7-17(8-5-14)37(33,34)26-12-16-3-2-10-35-16/h2-11,13,26H,12H2,1H3,(H,27,29). The lowest BCUT2D eigenvalue weighted by atomic mass is 10.1. The summed E-state index contributed by atoms with van der Waals surface area (Å²) in [5.41, 5.74) is -3.17. The quantitative estimate of drug-likeness (QED) is 0.235. The summed E-state index contributed by atoms with van der Waals surface area (Å²) in [5, 5.41) is 12.7. The minimum Gasteiger partial charge on any atom is -0.468 e. The molecule has 37 heavy (non-hydrogen) atoms. The first kappa shape index (κ1) is 27.3. The number of halogens is 3. The minimum absolute atomic E-state index is 0.101. The Balaban J connectivity index is 1.65. The molecule has 2 N–H and O–H groups in total. The first-order valence-corrected chi connectivity index (χ1v) is 11.8. The summed E-state index contributed by atoms with van der Waals surface area (Å²) in [4.78, 5) is 34.3. The maximum absolute atomic E-state index is 13.3. The Morgan fingerprint density at radius 2 is 1.81 bits per heavy atom. The lowest BCUT2D eigenvalue weighted by Crippen LogP contribution is -2.31. The Labute approximate surface area is 207 Å². The second-order valence-electron chi connectivity index (χ2n) is 7.45. The predicted octanol–water partition coefficient (Wildman–Crippen LogP) is 3.87. The lowest BCUT2D eigenvalue weighted by Gasteiger charge is -2.17. The summed E-state index contributed by atoms with van der Waals surface area (Å²) in [6.07, 6.45) is -5.20. The summed E-state index contributed by atoms with van der Waals surface area (Å²) >= 11 is 0. The monoisotopic (exact) mass is 541 g/mol. The van der Waals surface area contributed by atoms with E-state index in [9.17, 15) is 41.3 Å². The number of carbonyl (C=O) groups excluding carboxylic acids is 2. The van der Waals surface area contributed by atoms with Gasteiger partial charge in [-0.2, -0.15) is 13.2 Å². The molecule has 0 aliphatic rings. The highest BCUT2D eigenvalue weighted by atomic mass is 32.2. The van der Waals surface area contributed by atoms with Gasteiger partial charge in [-0.1, -0.05) is 0 Å². The molecule has 0 aliphatic carbocycles. The van der Waals surface area contributed by atoms with Crippen LogP contribution in [0.1, 0.15) is 28.6 Å². The van der Waals surface area contributed by atoms with E-state index in [1.807, 2.05) is 5.32 Å². The van der Waals surface area contributed by atoms with Crippen molar-refractivity contribution in [1.82, 2.24) is 4.72 Å². The van der Waals surface area contributed by atoms with Crippen LogP contribution in [-0.4, -0.2) is 31.3 Å². The molecule has 0 fully saturated rings. The van der Waals surface area contributed by atoms with Crippen LogP contribution in [0.15, 0.2) is 70.2 Å². The topological polar surface area (TPSA) is 158 Å². The number of anilines is 1. The van der Waals surface area contributed by atoms with Crippen molar-refractivity contribution in [3.63, 3.8) is 0 Å². The number of amides is 1. The summed E-state index contributed by atoms with van der Waals surface area (Å²) in [5.74, 6) is -1.80. The van der Waals surface area contributed by atoms with Gasteiger partial charge in [-0.05, 0) is 49.4 Å². The molecule has 11 nitrogen and oxygen atoms in total. The summed E-state index contributed by atoms with van der Waals surface area (Å²) < 4.78 is 77.0. The Morgan fingerprint density at radius 3 is 2.38 bits per heavy atom. The van der Waals surface area contributed by atoms with Gasteiger partial charge in [0.2, 0.25) is 10.0 Å². The Morgan fingerprint density at radius 1 is 1.14 bits per heavy atom. The van der Waals surface area contributed by atoms with E-state index in [0.717, 1.165) is 37.3 Å². The summed E-state index contributed by atoms with van der Waals surface area (Å²) in [6.45, 7) is 1.000. The van der Waals surface area contributed by atoms with Gasteiger partial charge in [-0.25, -0.2) is 17.9 Å². The lowest BCUT2D eigenvalue weighted by molar-refractivity contribution is -0.385. The number of carbonyl (C=O) groups is 2. The number of nitrogens with one attached hydrogen (secondary N) is 2. The Hall–Kier alpha value is -4.24. The zero-order valence-electron chi connectivity index (χ0n) is 18.8. The van der Waals surface area contributed by atoms with Crippen LogP contribution < -0.4 is 10.0 Å². The van der Waals surface area contributed by atoms with Crippen molar-refractivity contribution < 1.29 is 45.3 Å². The van der Waals surface area contributed by atoms with Gasteiger partial charge in [0.05, 0.1) is 39.4 Å². The van der Waals surface area contributed by atoms with Crippen LogP contribution in [-0.2, 0) is 32.3 Å². The normalized spacial score (nSPS) is 12.5. The van der Waals surface area contributed by atoms with Crippen molar-refractivity contribution in [2.24, 2.45) is 0 Å². The molecular formula is C22H18F3N3O8S. The summed E-state index contributed by atoms with van der Waals surface area (Å²) in [7, 11) is -3.93. The molecule has 1 atom stereocenters. The highest BCUT2D eigenvalue weighted by Gasteiger charge is 2.36. The Kier molecular flexibility index (Phi) is 7.98. The largest absolute Gasteiger partial charge is 0.468 e. The summed E-state index contributed by atoms with van der Waals surface area (Å²) in [6, 6.07) is 9.44. The van der Waals surface area contributed by atoms with Gasteiger partial charge in [0.1, 0.15) is 5.76 Å². The number of nitrogens with zero attached hydrogens (tertiary/aromatic N) is 1. The van der Waals surface area contributed by atoms with Crippen molar-refractivity contribution in [3.05, 3.63) is 87.9 Å². The molecule has 1 unspecified atom stereocenters. The Bertz CT molecular complexity index is 1410. The van der Waals surface area contributed by atoms with Crippen molar-refractivity contribution in [2.75, 3.05) is 5.32 Å². The number of sulfonamides is 1. The van der Waals surface area contributed by atoms with Crippen molar-refractivity contribution >= 4 is 33.3 Å². The van der Waals surface area contributed by atoms with Crippen LogP contribution in [0, 0.1) is 10.1 Å². The molecule has 0 aliphatic heterocycles. The highest BCUT2D eigenvalue weighted by molar-refractivity contribution is 7.89. The molecule has 0 saturated heterocycles. The average molecular weight is 541 g/mol. The van der Waals surface area contributed by atoms with E-state index in [-0.39, 0.29) is 23.1 Å². The van der Waals surface area contributed by atoms with E-state index in [2.05, 4.69) is 4.72 Å². The molecule has 0 bridgehead atoms. The number of nitro benzene ring substituents is 1. The molecule has 1 amide bonds. The molecule has 2 aromatic carbocycles. The van der Waals surface area contributed by atoms with Gasteiger partial charge in [-0.15, -0.1) is 0 Å². The fourth-order valence-electron chi connectivity index (χ4n) is 2.94. The van der Waals surface area contributed by atoms with E-state index >= 15 is 0 Å². The number of furan rings is 1. The first-order chi connectivity index (χ1) is 17.3. The van der Waals surface area contributed by atoms with Crippen LogP contribution in [0.4, 0.5) is 24.5 Å². The van der Waals surface area contributed by atoms with Crippen molar-refractivity contribution in [2.45, 2.75) is 30.6 Å². The molecule has 0 radical (unpaired) electrons. The van der Waals surface area contributed by atoms with Crippen LogP contribution in [0.3, 0.4) is 0 Å². The molecule has 3 rings (SSSR count). The average Bonchev–Trinajstić information content (AvgIpc) is 3.36. The van der Waals surface area contributed by atoms with Crippen molar-refractivity contribution in [3.8, 4) is 0 Å². The minimum atomic E-state index is -5.01. The van der Waals surface area contributed by atoms with E-state index < -0.39 is 56.0 Å². The second-order valence-corrected chi connectivity index (χ2v) is 9.22. The molecule has 0 spiro atoms.